The fourth-order valence-electron chi connectivity index (χ4n) is 2.14. The molecular formula is C20H21NO5. The molecule has 0 saturated heterocycles. The summed E-state index contributed by atoms with van der Waals surface area (Å²) in [5.74, 6) is 0.417. The van der Waals surface area contributed by atoms with Gasteiger partial charge < -0.3 is 19.5 Å². The summed E-state index contributed by atoms with van der Waals surface area (Å²) in [5, 5.41) is 2.68. The molecule has 2 aromatic carbocycles. The van der Waals surface area contributed by atoms with Crippen LogP contribution in [-0.4, -0.2) is 32.7 Å². The lowest BCUT2D eigenvalue weighted by Crippen LogP contribution is -2.28. The van der Waals surface area contributed by atoms with Crippen LogP contribution in [0, 0.1) is 0 Å². The van der Waals surface area contributed by atoms with Crippen molar-refractivity contribution in [2.45, 2.75) is 6.54 Å². The van der Waals surface area contributed by atoms with Crippen molar-refractivity contribution in [3.63, 3.8) is 0 Å². The van der Waals surface area contributed by atoms with E-state index < -0.39 is 5.97 Å². The molecule has 6 nitrogen and oxygen atoms in total. The van der Waals surface area contributed by atoms with Crippen LogP contribution >= 0.6 is 0 Å². The first-order valence-corrected chi connectivity index (χ1v) is 8.00. The molecule has 2 rings (SSSR count). The van der Waals surface area contributed by atoms with E-state index in [0.717, 1.165) is 16.9 Å². The minimum Gasteiger partial charge on any atom is -0.497 e. The van der Waals surface area contributed by atoms with Crippen molar-refractivity contribution in [3.8, 4) is 11.5 Å². The quantitative estimate of drug-likeness (QED) is 0.582. The molecule has 136 valence electrons. The van der Waals surface area contributed by atoms with Crippen LogP contribution in [0.4, 0.5) is 0 Å². The van der Waals surface area contributed by atoms with E-state index in [1.54, 1.807) is 26.4 Å². The number of hydrogen-bond acceptors (Lipinski definition) is 5. The molecule has 26 heavy (non-hydrogen) atoms. The second-order valence-electron chi connectivity index (χ2n) is 5.31. The topological polar surface area (TPSA) is 73.9 Å². The van der Waals surface area contributed by atoms with Gasteiger partial charge in [0.2, 0.25) is 0 Å². The third-order valence-electron chi connectivity index (χ3n) is 3.53. The minimum absolute atomic E-state index is 0.342. The third kappa shape index (κ3) is 5.98. The summed E-state index contributed by atoms with van der Waals surface area (Å²) < 4.78 is 15.2. The van der Waals surface area contributed by atoms with Crippen molar-refractivity contribution in [1.29, 1.82) is 0 Å². The lowest BCUT2D eigenvalue weighted by atomic mass is 10.2. The fourth-order valence-corrected chi connectivity index (χ4v) is 2.14. The average Bonchev–Trinajstić information content (AvgIpc) is 2.69. The molecule has 0 aliphatic heterocycles. The van der Waals surface area contributed by atoms with Crippen LogP contribution in [0.15, 0.2) is 54.6 Å². The molecule has 0 bridgehead atoms. The van der Waals surface area contributed by atoms with Gasteiger partial charge in [0.25, 0.3) is 5.91 Å². The predicted octanol–water partition coefficient (Wildman–Crippen LogP) is 2.58. The Morgan fingerprint density at radius 1 is 1.00 bits per heavy atom. The van der Waals surface area contributed by atoms with Crippen LogP contribution in [0.25, 0.3) is 6.08 Å². The van der Waals surface area contributed by atoms with Gasteiger partial charge in [-0.2, -0.15) is 0 Å². The van der Waals surface area contributed by atoms with E-state index >= 15 is 0 Å². The van der Waals surface area contributed by atoms with Gasteiger partial charge in [-0.05, 0) is 29.8 Å². The Bertz CT molecular complexity index is 768. The number of rotatable bonds is 8. The van der Waals surface area contributed by atoms with E-state index in [2.05, 4.69) is 5.32 Å². The number of nitrogens with one attached hydrogen (secondary N) is 1. The molecule has 6 heteroatoms. The second kappa shape index (κ2) is 9.88. The van der Waals surface area contributed by atoms with Gasteiger partial charge in [-0.25, -0.2) is 4.79 Å². The largest absolute Gasteiger partial charge is 0.497 e. The van der Waals surface area contributed by atoms with Crippen molar-refractivity contribution in [3.05, 3.63) is 65.7 Å². The smallest absolute Gasteiger partial charge is 0.331 e. The van der Waals surface area contributed by atoms with Gasteiger partial charge in [0.1, 0.15) is 11.5 Å². The predicted molar refractivity (Wildman–Crippen MR) is 97.8 cm³/mol. The second-order valence-corrected chi connectivity index (χ2v) is 5.31. The van der Waals surface area contributed by atoms with Gasteiger partial charge >= 0.3 is 5.97 Å². The number of ether oxygens (including phenoxy) is 3. The summed E-state index contributed by atoms with van der Waals surface area (Å²) in [4.78, 5) is 23.5. The van der Waals surface area contributed by atoms with E-state index in [1.165, 1.54) is 6.08 Å². The zero-order valence-corrected chi connectivity index (χ0v) is 14.7. The van der Waals surface area contributed by atoms with Gasteiger partial charge in [-0.3, -0.25) is 4.79 Å². The minimum atomic E-state index is -0.601. The number of carbonyl (C=O) groups is 2. The van der Waals surface area contributed by atoms with E-state index in [1.807, 2.05) is 42.5 Å². The Morgan fingerprint density at radius 2 is 1.73 bits per heavy atom. The molecule has 0 aliphatic carbocycles. The standard InChI is InChI=1S/C20H21NO5/c1-24-17-10-7-15(8-11-17)13-21-19(22)14-26-20(23)12-9-16-5-3-4-6-18(16)25-2/h3-12H,13-14H2,1-2H3,(H,21,22)/b12-9+. The first-order chi connectivity index (χ1) is 12.6. The molecule has 0 radical (unpaired) electrons. The van der Waals surface area contributed by atoms with Gasteiger partial charge in [0.15, 0.2) is 6.61 Å². The first-order valence-electron chi connectivity index (χ1n) is 8.00. The zero-order valence-electron chi connectivity index (χ0n) is 14.7. The van der Waals surface area contributed by atoms with Gasteiger partial charge in [-0.1, -0.05) is 30.3 Å². The van der Waals surface area contributed by atoms with Crippen LogP contribution in [0.3, 0.4) is 0 Å². The number of amides is 1. The fraction of sp³-hybridized carbons (Fsp3) is 0.200. The molecule has 0 atom stereocenters. The molecule has 0 aliphatic rings. The van der Waals surface area contributed by atoms with E-state index in [4.69, 9.17) is 14.2 Å². The number of carbonyl (C=O) groups excluding carboxylic acids is 2. The zero-order chi connectivity index (χ0) is 18.8. The van der Waals surface area contributed by atoms with Crippen molar-refractivity contribution >= 4 is 18.0 Å². The van der Waals surface area contributed by atoms with Crippen molar-refractivity contribution in [1.82, 2.24) is 5.32 Å². The molecule has 1 amide bonds. The Kier molecular flexibility index (Phi) is 7.24. The summed E-state index contributed by atoms with van der Waals surface area (Å²) in [6.45, 7) is 0.00266. The average molecular weight is 355 g/mol. The maximum Gasteiger partial charge on any atom is 0.331 e. The Labute approximate surface area is 152 Å². The van der Waals surface area contributed by atoms with Crippen LogP contribution in [0.5, 0.6) is 11.5 Å². The van der Waals surface area contributed by atoms with Crippen LogP contribution in [-0.2, 0) is 20.9 Å². The Hall–Kier alpha value is -3.28. The highest BCUT2D eigenvalue weighted by atomic mass is 16.5. The van der Waals surface area contributed by atoms with E-state index in [-0.39, 0.29) is 12.5 Å². The monoisotopic (exact) mass is 355 g/mol. The molecule has 1 N–H and O–H groups in total. The highest BCUT2D eigenvalue weighted by Crippen LogP contribution is 2.18. The molecule has 0 spiro atoms. The maximum atomic E-state index is 11.8. The summed E-state index contributed by atoms with van der Waals surface area (Å²) >= 11 is 0. The number of benzene rings is 2. The van der Waals surface area contributed by atoms with Gasteiger partial charge in [-0.15, -0.1) is 0 Å². The Morgan fingerprint density at radius 3 is 2.42 bits per heavy atom. The summed E-state index contributed by atoms with van der Waals surface area (Å²) in [5.41, 5.74) is 1.66. The van der Waals surface area contributed by atoms with Crippen molar-refractivity contribution in [2.24, 2.45) is 0 Å². The van der Waals surface area contributed by atoms with Crippen molar-refractivity contribution in [2.75, 3.05) is 20.8 Å². The third-order valence-corrected chi connectivity index (χ3v) is 3.53. The van der Waals surface area contributed by atoms with Gasteiger partial charge in [0.05, 0.1) is 14.2 Å². The van der Waals surface area contributed by atoms with Crippen LogP contribution in [0.2, 0.25) is 0 Å². The number of methoxy groups -OCH3 is 2. The van der Waals surface area contributed by atoms with E-state index in [0.29, 0.717) is 12.3 Å². The summed E-state index contributed by atoms with van der Waals surface area (Å²) in [6, 6.07) is 14.6. The molecular weight excluding hydrogens is 334 g/mol. The molecule has 0 unspecified atom stereocenters. The van der Waals surface area contributed by atoms with E-state index in [9.17, 15) is 9.59 Å². The number of para-hydroxylation sites is 1. The highest BCUT2D eigenvalue weighted by molar-refractivity contribution is 5.89. The van der Waals surface area contributed by atoms with Crippen molar-refractivity contribution < 1.29 is 23.8 Å². The van der Waals surface area contributed by atoms with Crippen LogP contribution < -0.4 is 14.8 Å². The molecule has 0 saturated carbocycles. The molecule has 2 aromatic rings. The molecule has 0 aromatic heterocycles. The number of esters is 1. The maximum absolute atomic E-state index is 11.8. The van der Waals surface area contributed by atoms with Crippen LogP contribution in [0.1, 0.15) is 11.1 Å². The lowest BCUT2D eigenvalue weighted by Gasteiger charge is -2.06. The van der Waals surface area contributed by atoms with Gasteiger partial charge in [0, 0.05) is 18.2 Å². The summed E-state index contributed by atoms with van der Waals surface area (Å²) in [7, 11) is 3.14. The molecule has 0 fully saturated rings. The first kappa shape index (κ1) is 19.1. The SMILES string of the molecule is COc1ccc(CNC(=O)COC(=O)/C=C/c2ccccc2OC)cc1. The number of hydrogen-bond donors (Lipinski definition) is 1. The Balaban J connectivity index is 1.75. The molecule has 0 heterocycles. The highest BCUT2D eigenvalue weighted by Gasteiger charge is 2.06. The summed E-state index contributed by atoms with van der Waals surface area (Å²) in [6.07, 6.45) is 2.84. The normalized spacial score (nSPS) is 10.4. The lowest BCUT2D eigenvalue weighted by molar-refractivity contribution is -0.143.